The predicted molar refractivity (Wildman–Crippen MR) is 90.4 cm³/mol. The highest BCUT2D eigenvalue weighted by Crippen LogP contribution is 2.47. The van der Waals surface area contributed by atoms with Crippen LogP contribution >= 0.6 is 11.8 Å². The van der Waals surface area contributed by atoms with Gasteiger partial charge >= 0.3 is 0 Å². The van der Waals surface area contributed by atoms with E-state index >= 15 is 0 Å². The van der Waals surface area contributed by atoms with Crippen LogP contribution in [0.2, 0.25) is 0 Å². The first-order chi connectivity index (χ1) is 11.5. The lowest BCUT2D eigenvalue weighted by molar-refractivity contribution is -0.138. The van der Waals surface area contributed by atoms with E-state index in [0.29, 0.717) is 12.2 Å². The quantitative estimate of drug-likeness (QED) is 0.870. The number of carbonyl (C=O) groups is 2. The molecule has 0 saturated carbocycles. The fourth-order valence-electron chi connectivity index (χ4n) is 4.07. The summed E-state index contributed by atoms with van der Waals surface area (Å²) in [5.74, 6) is 2.78. The molecule has 2 saturated heterocycles. The molecule has 1 N–H and O–H groups in total. The number of aryl methyl sites for hydroxylation is 2. The third-order valence-corrected chi connectivity index (χ3v) is 6.94. The summed E-state index contributed by atoms with van der Waals surface area (Å²) in [7, 11) is 0. The van der Waals surface area contributed by atoms with Gasteiger partial charge in [0.1, 0.15) is 17.7 Å². The van der Waals surface area contributed by atoms with E-state index in [4.69, 9.17) is 0 Å². The van der Waals surface area contributed by atoms with Gasteiger partial charge in [-0.25, -0.2) is 0 Å². The molecular formula is C16H23N5O2S. The average molecular weight is 349 g/mol. The minimum absolute atomic E-state index is 0.0129. The fourth-order valence-corrected chi connectivity index (χ4v) is 5.51. The van der Waals surface area contributed by atoms with E-state index in [0.717, 1.165) is 43.9 Å². The second-order valence-electron chi connectivity index (χ2n) is 7.01. The van der Waals surface area contributed by atoms with Gasteiger partial charge in [0.25, 0.3) is 0 Å². The van der Waals surface area contributed by atoms with Crippen molar-refractivity contribution >= 4 is 23.6 Å². The number of nitrogens with zero attached hydrogens (tertiary/aromatic N) is 4. The maximum absolute atomic E-state index is 12.8. The normalized spacial score (nSPS) is 31.9. The highest BCUT2D eigenvalue weighted by Gasteiger charge is 2.53. The number of fused-ring (bicyclic) bond motifs is 2. The lowest BCUT2D eigenvalue weighted by atomic mass is 10.1. The molecule has 2 amide bonds. The molecular weight excluding hydrogens is 326 g/mol. The number of thioether (sulfide) groups is 1. The third-order valence-electron chi connectivity index (χ3n) is 5.43. The Labute approximate surface area is 145 Å². The summed E-state index contributed by atoms with van der Waals surface area (Å²) >= 11 is 1.73. The molecule has 7 nitrogen and oxygen atoms in total. The second-order valence-corrected chi connectivity index (χ2v) is 8.51. The number of carbonyl (C=O) groups excluding carboxylic acids is 2. The Hall–Kier alpha value is -1.57. The molecule has 24 heavy (non-hydrogen) atoms. The molecule has 0 bridgehead atoms. The molecule has 3 atom stereocenters. The van der Waals surface area contributed by atoms with Gasteiger partial charge in [-0.2, -0.15) is 0 Å². The van der Waals surface area contributed by atoms with E-state index in [1.165, 1.54) is 0 Å². The molecule has 8 heteroatoms. The summed E-state index contributed by atoms with van der Waals surface area (Å²) in [6, 6.07) is -0.246. The van der Waals surface area contributed by atoms with Gasteiger partial charge < -0.3 is 14.8 Å². The lowest BCUT2D eigenvalue weighted by Gasteiger charge is -2.31. The monoisotopic (exact) mass is 349 g/mol. The zero-order chi connectivity index (χ0) is 16.9. The Morgan fingerprint density at radius 1 is 1.42 bits per heavy atom. The molecule has 1 aromatic heterocycles. The maximum Gasteiger partial charge on any atom is 0.243 e. The topological polar surface area (TPSA) is 80.1 Å². The number of rotatable bonds is 3. The van der Waals surface area contributed by atoms with E-state index in [9.17, 15) is 9.59 Å². The molecule has 3 aliphatic rings. The van der Waals surface area contributed by atoms with Gasteiger partial charge in [-0.1, -0.05) is 6.92 Å². The van der Waals surface area contributed by atoms with Gasteiger partial charge in [0.2, 0.25) is 11.8 Å². The van der Waals surface area contributed by atoms with Crippen LogP contribution in [0.3, 0.4) is 0 Å². The highest BCUT2D eigenvalue weighted by atomic mass is 32.2. The van der Waals surface area contributed by atoms with Crippen molar-refractivity contribution in [3.05, 3.63) is 11.6 Å². The molecule has 3 aliphatic heterocycles. The summed E-state index contributed by atoms with van der Waals surface area (Å²) in [6.07, 6.45) is 3.94. The molecule has 0 spiro atoms. The Balaban J connectivity index is 1.45. The van der Waals surface area contributed by atoms with Crippen molar-refractivity contribution < 1.29 is 9.59 Å². The van der Waals surface area contributed by atoms with Crippen LogP contribution in [0.5, 0.6) is 0 Å². The first-order valence-electron chi connectivity index (χ1n) is 8.69. The van der Waals surface area contributed by atoms with Crippen molar-refractivity contribution in [2.45, 2.75) is 69.5 Å². The zero-order valence-corrected chi connectivity index (χ0v) is 14.9. The van der Waals surface area contributed by atoms with Crippen LogP contribution in [0.15, 0.2) is 0 Å². The zero-order valence-electron chi connectivity index (χ0n) is 14.1. The third kappa shape index (κ3) is 2.42. The highest BCUT2D eigenvalue weighted by molar-refractivity contribution is 8.01. The van der Waals surface area contributed by atoms with E-state index in [2.05, 4.69) is 33.9 Å². The van der Waals surface area contributed by atoms with Gasteiger partial charge in [-0.05, 0) is 19.8 Å². The van der Waals surface area contributed by atoms with E-state index in [1.807, 2.05) is 4.90 Å². The average Bonchev–Trinajstić information content (AvgIpc) is 3.21. The number of aromatic nitrogens is 3. The van der Waals surface area contributed by atoms with E-state index in [1.54, 1.807) is 11.8 Å². The van der Waals surface area contributed by atoms with Crippen LogP contribution in [0, 0.1) is 0 Å². The Kier molecular flexibility index (Phi) is 3.82. The smallest absolute Gasteiger partial charge is 0.243 e. The number of hydrogen-bond donors (Lipinski definition) is 1. The van der Waals surface area contributed by atoms with Crippen molar-refractivity contribution in [3.8, 4) is 0 Å². The largest absolute Gasteiger partial charge is 0.350 e. The molecule has 4 heterocycles. The molecule has 0 aromatic carbocycles. The van der Waals surface area contributed by atoms with Gasteiger partial charge in [-0.15, -0.1) is 22.0 Å². The van der Waals surface area contributed by atoms with Crippen LogP contribution in [0.4, 0.5) is 0 Å². The maximum atomic E-state index is 12.8. The summed E-state index contributed by atoms with van der Waals surface area (Å²) in [5.41, 5.74) is 0. The number of hydrogen-bond acceptors (Lipinski definition) is 5. The molecule has 0 aliphatic carbocycles. The molecule has 130 valence electrons. The first-order valence-corrected chi connectivity index (χ1v) is 9.68. The van der Waals surface area contributed by atoms with Crippen molar-refractivity contribution in [2.24, 2.45) is 0 Å². The van der Waals surface area contributed by atoms with Gasteiger partial charge in [0, 0.05) is 37.6 Å². The second kappa shape index (κ2) is 5.75. The van der Waals surface area contributed by atoms with Crippen molar-refractivity contribution in [1.82, 2.24) is 25.0 Å². The Morgan fingerprint density at radius 2 is 2.25 bits per heavy atom. The van der Waals surface area contributed by atoms with Gasteiger partial charge in [0.05, 0.1) is 4.87 Å². The molecule has 1 aromatic rings. The van der Waals surface area contributed by atoms with Crippen LogP contribution in [-0.2, 0) is 29.0 Å². The van der Waals surface area contributed by atoms with Gasteiger partial charge in [-0.3, -0.25) is 9.59 Å². The summed E-state index contributed by atoms with van der Waals surface area (Å²) in [5, 5.41) is 11.6. The minimum Gasteiger partial charge on any atom is -0.350 e. The number of nitrogens with one attached hydrogen (secondary N) is 1. The molecule has 0 unspecified atom stereocenters. The van der Waals surface area contributed by atoms with Gasteiger partial charge in [0.15, 0.2) is 0 Å². The standard InChI is InChI=1S/C16H23N5O2S/c1-3-12-18-19-13-5-4-10(8-20(12)13)17-15(23)11-9-24-16(2)7-6-14(22)21(11)16/h10-11H,3-9H2,1-2H3,(H,17,23)/t10-,11+,16-/m1/s1. The summed E-state index contributed by atoms with van der Waals surface area (Å²) in [4.78, 5) is 26.6. The molecule has 0 radical (unpaired) electrons. The van der Waals surface area contributed by atoms with Crippen molar-refractivity contribution in [3.63, 3.8) is 0 Å². The predicted octanol–water partition coefficient (Wildman–Crippen LogP) is 0.726. The fraction of sp³-hybridized carbons (Fsp3) is 0.750. The lowest BCUT2D eigenvalue weighted by Crippen LogP contribution is -2.53. The number of amides is 2. The molecule has 2 fully saturated rings. The minimum atomic E-state index is -0.331. The summed E-state index contributed by atoms with van der Waals surface area (Å²) < 4.78 is 2.13. The van der Waals surface area contributed by atoms with Crippen molar-refractivity contribution in [2.75, 3.05) is 5.75 Å². The summed E-state index contributed by atoms with van der Waals surface area (Å²) in [6.45, 7) is 4.87. The SMILES string of the molecule is CCc1nnc2n1C[C@H](NC(=O)[C@@H]1CS[C@]3(C)CCC(=O)N13)CC2. The van der Waals surface area contributed by atoms with E-state index < -0.39 is 0 Å². The van der Waals surface area contributed by atoms with Crippen LogP contribution in [-0.4, -0.2) is 54.2 Å². The van der Waals surface area contributed by atoms with Crippen LogP contribution in [0.25, 0.3) is 0 Å². The Morgan fingerprint density at radius 3 is 3.04 bits per heavy atom. The van der Waals surface area contributed by atoms with Crippen LogP contribution < -0.4 is 5.32 Å². The Bertz CT molecular complexity index is 677. The van der Waals surface area contributed by atoms with Crippen molar-refractivity contribution in [1.29, 1.82) is 0 Å². The first kappa shape index (κ1) is 15.9. The molecule has 4 rings (SSSR count). The van der Waals surface area contributed by atoms with E-state index in [-0.39, 0.29) is 28.8 Å². The van der Waals surface area contributed by atoms with Crippen LogP contribution in [0.1, 0.15) is 44.8 Å².